The highest BCUT2D eigenvalue weighted by Gasteiger charge is 2.25. The van der Waals surface area contributed by atoms with Crippen molar-refractivity contribution >= 4 is 11.9 Å². The maximum Gasteiger partial charge on any atom is 0.243 e. The minimum Gasteiger partial charge on any atom is -0.354 e. The van der Waals surface area contributed by atoms with Crippen molar-refractivity contribution in [2.24, 2.45) is 10.9 Å². The lowest BCUT2D eigenvalue weighted by atomic mass is 9.86. The average molecular weight is 432 g/mol. The van der Waals surface area contributed by atoms with Crippen LogP contribution in [0.3, 0.4) is 0 Å². The van der Waals surface area contributed by atoms with E-state index in [4.69, 9.17) is 0 Å². The predicted octanol–water partition coefficient (Wildman–Crippen LogP) is 2.99. The van der Waals surface area contributed by atoms with Gasteiger partial charge in [0.25, 0.3) is 0 Å². The summed E-state index contributed by atoms with van der Waals surface area (Å²) < 4.78 is 13.1. The fraction of sp³-hybridized carbons (Fsp3) is 0.667. The largest absolute Gasteiger partial charge is 0.354 e. The summed E-state index contributed by atoms with van der Waals surface area (Å²) in [6.07, 6.45) is 6.97. The van der Waals surface area contributed by atoms with Gasteiger partial charge in [-0.2, -0.15) is 0 Å². The second kappa shape index (κ2) is 11.5. The molecule has 0 bridgehead atoms. The van der Waals surface area contributed by atoms with Crippen LogP contribution in [0.15, 0.2) is 29.3 Å². The van der Waals surface area contributed by atoms with Crippen LogP contribution in [0.1, 0.15) is 51.0 Å². The maximum absolute atomic E-state index is 13.1. The third-order valence-corrected chi connectivity index (χ3v) is 6.55. The molecule has 0 spiro atoms. The van der Waals surface area contributed by atoms with Gasteiger partial charge < -0.3 is 15.5 Å². The Morgan fingerprint density at radius 2 is 1.77 bits per heavy atom. The maximum atomic E-state index is 13.1. The van der Waals surface area contributed by atoms with Crippen LogP contribution < -0.4 is 10.6 Å². The highest BCUT2D eigenvalue weighted by Crippen LogP contribution is 2.23. The molecule has 1 amide bonds. The molecule has 2 fully saturated rings. The van der Waals surface area contributed by atoms with Crippen LogP contribution in [0.4, 0.5) is 4.39 Å². The third kappa shape index (κ3) is 7.49. The first-order valence-corrected chi connectivity index (χ1v) is 11.6. The lowest BCUT2D eigenvalue weighted by Crippen LogP contribution is -2.52. The van der Waals surface area contributed by atoms with Crippen LogP contribution in [0, 0.1) is 11.7 Å². The second-order valence-corrected chi connectivity index (χ2v) is 9.29. The summed E-state index contributed by atoms with van der Waals surface area (Å²) in [5.41, 5.74) is 1.14. The minimum atomic E-state index is -0.189. The lowest BCUT2D eigenvalue weighted by Gasteiger charge is -2.35. The topological polar surface area (TPSA) is 60.0 Å². The van der Waals surface area contributed by atoms with Gasteiger partial charge >= 0.3 is 0 Å². The van der Waals surface area contributed by atoms with Crippen LogP contribution in [-0.4, -0.2) is 67.5 Å². The Kier molecular flexibility index (Phi) is 8.69. The molecule has 0 radical (unpaired) electrons. The van der Waals surface area contributed by atoms with E-state index in [1.165, 1.54) is 31.4 Å². The summed E-state index contributed by atoms with van der Waals surface area (Å²) in [5.74, 6) is 1.20. The summed E-state index contributed by atoms with van der Waals surface area (Å²) >= 11 is 0. The number of nitrogens with one attached hydrogen (secondary N) is 2. The predicted molar refractivity (Wildman–Crippen MR) is 123 cm³/mol. The molecule has 1 aromatic carbocycles. The highest BCUT2D eigenvalue weighted by atomic mass is 19.1. The number of guanidine groups is 1. The number of piperidine rings is 1. The summed E-state index contributed by atoms with van der Waals surface area (Å²) in [6, 6.07) is 7.53. The second-order valence-electron chi connectivity index (χ2n) is 9.29. The van der Waals surface area contributed by atoms with Gasteiger partial charge in [-0.25, -0.2) is 9.38 Å². The van der Waals surface area contributed by atoms with Crippen molar-refractivity contribution in [2.75, 3.05) is 33.7 Å². The van der Waals surface area contributed by atoms with Crippen LogP contribution in [0.5, 0.6) is 0 Å². The van der Waals surface area contributed by atoms with Crippen molar-refractivity contribution in [1.82, 2.24) is 20.4 Å². The molecule has 7 heteroatoms. The fourth-order valence-corrected chi connectivity index (χ4v) is 4.40. The summed E-state index contributed by atoms with van der Waals surface area (Å²) in [6.45, 7) is 5.28. The van der Waals surface area contributed by atoms with Gasteiger partial charge in [-0.15, -0.1) is 0 Å². The van der Waals surface area contributed by atoms with E-state index in [9.17, 15) is 9.18 Å². The smallest absolute Gasteiger partial charge is 0.243 e. The number of likely N-dealkylation sites (N-methyl/N-ethyl adjacent to an activating group) is 1. The lowest BCUT2D eigenvalue weighted by molar-refractivity contribution is -0.127. The highest BCUT2D eigenvalue weighted by molar-refractivity contribution is 5.85. The fourth-order valence-electron chi connectivity index (χ4n) is 4.40. The van der Waals surface area contributed by atoms with Gasteiger partial charge in [-0.1, -0.05) is 31.9 Å². The van der Waals surface area contributed by atoms with Gasteiger partial charge in [0.05, 0.1) is 0 Å². The summed E-state index contributed by atoms with van der Waals surface area (Å²) in [4.78, 5) is 20.7. The Morgan fingerprint density at radius 3 is 2.42 bits per heavy atom. The summed E-state index contributed by atoms with van der Waals surface area (Å²) in [5, 5.41) is 7.22. The molecule has 1 aliphatic carbocycles. The average Bonchev–Trinajstić information content (AvgIpc) is 2.76. The third-order valence-electron chi connectivity index (χ3n) is 6.55. The van der Waals surface area contributed by atoms with Crippen LogP contribution >= 0.6 is 0 Å². The molecule has 1 saturated carbocycles. The molecule has 0 aromatic heterocycles. The first-order valence-electron chi connectivity index (χ1n) is 11.6. The Balaban J connectivity index is 1.54. The number of likely N-dealkylation sites (tertiary alicyclic amines) is 1. The molecule has 1 aliphatic heterocycles. The Labute approximate surface area is 186 Å². The molecule has 3 rings (SSSR count). The van der Waals surface area contributed by atoms with Crippen molar-refractivity contribution < 1.29 is 9.18 Å². The normalized spacial score (nSPS) is 23.4. The van der Waals surface area contributed by atoms with Crippen LogP contribution in [0.2, 0.25) is 0 Å². The number of hydrogen-bond acceptors (Lipinski definition) is 3. The number of carbonyl (C=O) groups excluding carboxylic acids is 1. The number of carbonyl (C=O) groups is 1. The zero-order valence-corrected chi connectivity index (χ0v) is 19.2. The number of amides is 1. The van der Waals surface area contributed by atoms with E-state index >= 15 is 0 Å². The van der Waals surface area contributed by atoms with Gasteiger partial charge in [0.15, 0.2) is 5.96 Å². The Hall–Kier alpha value is -2.15. The molecule has 1 saturated heterocycles. The molecule has 1 heterocycles. The van der Waals surface area contributed by atoms with Gasteiger partial charge in [-0.05, 0) is 49.3 Å². The van der Waals surface area contributed by atoms with Gasteiger partial charge in [-0.3, -0.25) is 9.69 Å². The van der Waals surface area contributed by atoms with E-state index in [2.05, 4.69) is 27.4 Å². The Morgan fingerprint density at radius 1 is 1.10 bits per heavy atom. The standard InChI is InChI=1S/C24H38FN5O/c1-18-6-4-5-7-22(18)28-24(26-16-23(31)29(2)3)27-21-12-14-30(15-13-21)17-19-8-10-20(25)11-9-19/h8-11,18,21-22H,4-7,12-17H2,1-3H3,(H2,26,27,28). The summed E-state index contributed by atoms with van der Waals surface area (Å²) in [7, 11) is 3.52. The molecule has 2 aliphatic rings. The van der Waals surface area contributed by atoms with Crippen molar-refractivity contribution in [3.05, 3.63) is 35.6 Å². The van der Waals surface area contributed by atoms with Crippen molar-refractivity contribution in [3.8, 4) is 0 Å². The van der Waals surface area contributed by atoms with E-state index in [0.29, 0.717) is 18.0 Å². The van der Waals surface area contributed by atoms with E-state index < -0.39 is 0 Å². The molecular weight excluding hydrogens is 393 g/mol. The monoisotopic (exact) mass is 431 g/mol. The van der Waals surface area contributed by atoms with E-state index in [1.807, 2.05) is 12.1 Å². The molecular formula is C24H38FN5O. The first-order chi connectivity index (χ1) is 14.9. The number of nitrogens with zero attached hydrogens (tertiary/aromatic N) is 3. The van der Waals surface area contributed by atoms with Gasteiger partial charge in [0, 0.05) is 45.8 Å². The number of benzene rings is 1. The SMILES string of the molecule is CC1CCCCC1NC(=NCC(=O)N(C)C)NC1CCN(Cc2ccc(F)cc2)CC1. The van der Waals surface area contributed by atoms with Crippen molar-refractivity contribution in [1.29, 1.82) is 0 Å². The molecule has 1 aromatic rings. The van der Waals surface area contributed by atoms with Gasteiger partial charge in [0.1, 0.15) is 12.4 Å². The van der Waals surface area contributed by atoms with Crippen molar-refractivity contribution in [3.63, 3.8) is 0 Å². The number of halogens is 1. The molecule has 6 nitrogen and oxygen atoms in total. The molecule has 172 valence electrons. The van der Waals surface area contributed by atoms with Crippen molar-refractivity contribution in [2.45, 2.75) is 64.1 Å². The van der Waals surface area contributed by atoms with E-state index in [-0.39, 0.29) is 18.3 Å². The molecule has 2 atom stereocenters. The molecule has 2 unspecified atom stereocenters. The van der Waals surface area contributed by atoms with Gasteiger partial charge in [0.2, 0.25) is 5.91 Å². The van der Waals surface area contributed by atoms with E-state index in [0.717, 1.165) is 50.4 Å². The first kappa shape index (κ1) is 23.5. The quantitative estimate of drug-likeness (QED) is 0.537. The molecule has 31 heavy (non-hydrogen) atoms. The van der Waals surface area contributed by atoms with Crippen LogP contribution in [0.25, 0.3) is 0 Å². The number of rotatable bonds is 6. The molecule has 2 N–H and O–H groups in total. The number of aliphatic imine (C=N–C) groups is 1. The number of hydrogen-bond donors (Lipinski definition) is 2. The Bertz CT molecular complexity index is 728. The van der Waals surface area contributed by atoms with Crippen LogP contribution in [-0.2, 0) is 11.3 Å². The minimum absolute atomic E-state index is 0.00640. The van der Waals surface area contributed by atoms with E-state index in [1.54, 1.807) is 19.0 Å². The zero-order valence-electron chi connectivity index (χ0n) is 19.2. The zero-order chi connectivity index (χ0) is 22.2.